The highest BCUT2D eigenvalue weighted by molar-refractivity contribution is 7.98. The number of anilines is 2. The van der Waals surface area contributed by atoms with Crippen LogP contribution in [0.5, 0.6) is 0 Å². The molecule has 0 saturated heterocycles. The van der Waals surface area contributed by atoms with Gasteiger partial charge < -0.3 is 10.6 Å². The molecule has 0 atom stereocenters. The van der Waals surface area contributed by atoms with Gasteiger partial charge in [-0.3, -0.25) is 4.68 Å². The molecule has 21 heavy (non-hydrogen) atoms. The van der Waals surface area contributed by atoms with Crippen molar-refractivity contribution in [2.75, 3.05) is 30.0 Å². The second-order valence-corrected chi connectivity index (χ2v) is 5.53. The van der Waals surface area contributed by atoms with Crippen molar-refractivity contribution in [2.45, 2.75) is 32.0 Å². The Morgan fingerprint density at radius 1 is 1.19 bits per heavy atom. The van der Waals surface area contributed by atoms with E-state index in [-0.39, 0.29) is 0 Å². The van der Waals surface area contributed by atoms with E-state index in [2.05, 4.69) is 32.6 Å². The Hall–Kier alpha value is -1.76. The third-order valence-corrected chi connectivity index (χ3v) is 3.40. The first-order chi connectivity index (χ1) is 10.2. The lowest BCUT2D eigenvalue weighted by atomic mass is 10.4. The molecule has 0 unspecified atom stereocenters. The van der Waals surface area contributed by atoms with Crippen molar-refractivity contribution in [1.29, 1.82) is 0 Å². The number of nitrogens with one attached hydrogen (secondary N) is 2. The van der Waals surface area contributed by atoms with E-state index in [1.165, 1.54) is 5.56 Å². The number of hydrogen-bond donors (Lipinski definition) is 2. The predicted octanol–water partition coefficient (Wildman–Crippen LogP) is 2.64. The fourth-order valence-electron chi connectivity index (χ4n) is 1.84. The predicted molar refractivity (Wildman–Crippen MR) is 88.0 cm³/mol. The van der Waals surface area contributed by atoms with Crippen molar-refractivity contribution in [3.05, 3.63) is 24.0 Å². The molecule has 114 valence electrons. The summed E-state index contributed by atoms with van der Waals surface area (Å²) < 4.78 is 1.93. The zero-order chi connectivity index (χ0) is 15.1. The van der Waals surface area contributed by atoms with Crippen LogP contribution < -0.4 is 10.6 Å². The van der Waals surface area contributed by atoms with Gasteiger partial charge in [0, 0.05) is 25.4 Å². The van der Waals surface area contributed by atoms with Crippen LogP contribution in [-0.2, 0) is 6.54 Å². The molecule has 0 spiro atoms. The van der Waals surface area contributed by atoms with E-state index in [1.54, 1.807) is 11.8 Å². The SMILES string of the molecule is CCCNc1cc(NCCn2cc(C)cn2)nc(SC)n1. The highest BCUT2D eigenvalue weighted by atomic mass is 32.2. The minimum Gasteiger partial charge on any atom is -0.370 e. The van der Waals surface area contributed by atoms with Gasteiger partial charge in [0.25, 0.3) is 0 Å². The quantitative estimate of drug-likeness (QED) is 0.577. The monoisotopic (exact) mass is 306 g/mol. The molecule has 0 aliphatic heterocycles. The molecule has 0 aliphatic carbocycles. The summed E-state index contributed by atoms with van der Waals surface area (Å²) in [7, 11) is 0. The van der Waals surface area contributed by atoms with Gasteiger partial charge in [0.2, 0.25) is 0 Å². The Labute approximate surface area is 129 Å². The summed E-state index contributed by atoms with van der Waals surface area (Å²) in [5.41, 5.74) is 1.17. The third kappa shape index (κ3) is 4.93. The molecule has 0 fully saturated rings. The summed E-state index contributed by atoms with van der Waals surface area (Å²) >= 11 is 1.54. The molecular weight excluding hydrogens is 284 g/mol. The maximum Gasteiger partial charge on any atom is 0.191 e. The van der Waals surface area contributed by atoms with Crippen molar-refractivity contribution in [1.82, 2.24) is 19.7 Å². The smallest absolute Gasteiger partial charge is 0.191 e. The fourth-order valence-corrected chi connectivity index (χ4v) is 2.22. The molecule has 2 aromatic rings. The molecule has 0 bridgehead atoms. The summed E-state index contributed by atoms with van der Waals surface area (Å²) in [5.74, 6) is 1.71. The normalized spacial score (nSPS) is 10.6. The Bertz CT molecular complexity index is 568. The van der Waals surface area contributed by atoms with Crippen LogP contribution in [0.15, 0.2) is 23.6 Å². The van der Waals surface area contributed by atoms with Crippen molar-refractivity contribution >= 4 is 23.4 Å². The van der Waals surface area contributed by atoms with Crippen molar-refractivity contribution in [3.8, 4) is 0 Å². The van der Waals surface area contributed by atoms with Crippen LogP contribution in [0.2, 0.25) is 0 Å². The van der Waals surface area contributed by atoms with Crippen LogP contribution in [0.1, 0.15) is 18.9 Å². The second kappa shape index (κ2) is 7.87. The first kappa shape index (κ1) is 15.6. The molecule has 0 aromatic carbocycles. The Morgan fingerprint density at radius 3 is 2.48 bits per heavy atom. The van der Waals surface area contributed by atoms with Crippen LogP contribution in [-0.4, -0.2) is 39.1 Å². The van der Waals surface area contributed by atoms with Gasteiger partial charge in [-0.2, -0.15) is 5.10 Å². The molecule has 0 radical (unpaired) electrons. The fraction of sp³-hybridized carbons (Fsp3) is 0.500. The standard InChI is InChI=1S/C14H22N6S/c1-4-5-15-12-8-13(19-14(18-12)21-3)16-6-7-20-10-11(2)9-17-20/h8-10H,4-7H2,1-3H3,(H2,15,16,18,19). The first-order valence-corrected chi connectivity index (χ1v) is 8.33. The summed E-state index contributed by atoms with van der Waals surface area (Å²) in [6.07, 6.45) is 6.95. The second-order valence-electron chi connectivity index (χ2n) is 4.76. The van der Waals surface area contributed by atoms with Crippen molar-refractivity contribution in [2.24, 2.45) is 0 Å². The molecule has 0 saturated carbocycles. The Kier molecular flexibility index (Phi) is 5.86. The van der Waals surface area contributed by atoms with Crippen LogP contribution in [0.4, 0.5) is 11.6 Å². The first-order valence-electron chi connectivity index (χ1n) is 7.11. The zero-order valence-corrected chi connectivity index (χ0v) is 13.6. The van der Waals surface area contributed by atoms with Gasteiger partial charge in [-0.1, -0.05) is 18.7 Å². The third-order valence-electron chi connectivity index (χ3n) is 2.85. The molecule has 2 heterocycles. The average Bonchev–Trinajstić information content (AvgIpc) is 2.90. The van der Waals surface area contributed by atoms with Crippen LogP contribution in [0, 0.1) is 6.92 Å². The largest absolute Gasteiger partial charge is 0.370 e. The topological polar surface area (TPSA) is 67.7 Å². The van der Waals surface area contributed by atoms with Crippen molar-refractivity contribution in [3.63, 3.8) is 0 Å². The van der Waals surface area contributed by atoms with Gasteiger partial charge in [0.15, 0.2) is 5.16 Å². The van der Waals surface area contributed by atoms with Crippen LogP contribution in [0.3, 0.4) is 0 Å². The molecule has 2 rings (SSSR count). The van der Waals surface area contributed by atoms with E-state index in [1.807, 2.05) is 36.3 Å². The minimum absolute atomic E-state index is 0.772. The molecule has 2 N–H and O–H groups in total. The Balaban J connectivity index is 1.94. The van der Waals surface area contributed by atoms with Gasteiger partial charge >= 0.3 is 0 Å². The summed E-state index contributed by atoms with van der Waals surface area (Å²) in [6.45, 7) is 6.67. The van der Waals surface area contributed by atoms with Gasteiger partial charge in [0.05, 0.1) is 12.7 Å². The zero-order valence-electron chi connectivity index (χ0n) is 12.8. The highest BCUT2D eigenvalue weighted by Gasteiger charge is 2.03. The molecular formula is C14H22N6S. The molecule has 7 heteroatoms. The van der Waals surface area contributed by atoms with Gasteiger partial charge in [0.1, 0.15) is 11.6 Å². The molecule has 0 amide bonds. The summed E-state index contributed by atoms with van der Waals surface area (Å²) in [5, 5.41) is 11.7. The van der Waals surface area contributed by atoms with E-state index in [4.69, 9.17) is 0 Å². The van der Waals surface area contributed by atoms with E-state index in [0.29, 0.717) is 0 Å². The van der Waals surface area contributed by atoms with Crippen LogP contribution in [0.25, 0.3) is 0 Å². The maximum atomic E-state index is 4.47. The van der Waals surface area contributed by atoms with Gasteiger partial charge in [-0.05, 0) is 25.2 Å². The summed E-state index contributed by atoms with van der Waals surface area (Å²) in [6, 6.07) is 1.95. The van der Waals surface area contributed by atoms with Gasteiger partial charge in [-0.25, -0.2) is 9.97 Å². The van der Waals surface area contributed by atoms with E-state index in [9.17, 15) is 0 Å². The number of aryl methyl sites for hydroxylation is 1. The van der Waals surface area contributed by atoms with Gasteiger partial charge in [-0.15, -0.1) is 0 Å². The lowest BCUT2D eigenvalue weighted by molar-refractivity contribution is 0.636. The highest BCUT2D eigenvalue weighted by Crippen LogP contribution is 2.17. The van der Waals surface area contributed by atoms with Crippen molar-refractivity contribution < 1.29 is 0 Å². The van der Waals surface area contributed by atoms with E-state index in [0.717, 1.165) is 42.8 Å². The van der Waals surface area contributed by atoms with E-state index >= 15 is 0 Å². The molecule has 2 aromatic heterocycles. The number of rotatable bonds is 8. The number of hydrogen-bond acceptors (Lipinski definition) is 6. The lowest BCUT2D eigenvalue weighted by Crippen LogP contribution is -2.13. The van der Waals surface area contributed by atoms with E-state index < -0.39 is 0 Å². The maximum absolute atomic E-state index is 4.47. The van der Waals surface area contributed by atoms with Crippen LogP contribution >= 0.6 is 11.8 Å². The molecule has 0 aliphatic rings. The number of thioether (sulfide) groups is 1. The molecule has 6 nitrogen and oxygen atoms in total. The minimum atomic E-state index is 0.772. The average molecular weight is 306 g/mol. The number of aromatic nitrogens is 4. The number of nitrogens with zero attached hydrogens (tertiary/aromatic N) is 4. The summed E-state index contributed by atoms with van der Waals surface area (Å²) in [4.78, 5) is 8.91. The Morgan fingerprint density at radius 2 is 1.90 bits per heavy atom. The lowest BCUT2D eigenvalue weighted by Gasteiger charge is -2.10.